The van der Waals surface area contributed by atoms with E-state index in [4.69, 9.17) is 9.47 Å². The fraction of sp³-hybridized carbons (Fsp3) is 0.429. The molecule has 2 rings (SSSR count). The molecule has 0 aliphatic heterocycles. The third-order valence-electron chi connectivity index (χ3n) is 4.51. The molecule has 3 N–H and O–H groups in total. The van der Waals surface area contributed by atoms with E-state index in [0.717, 1.165) is 22.6 Å². The Morgan fingerprint density at radius 1 is 0.808 bits per heavy atom. The predicted octanol–water partition coefficient (Wildman–Crippen LogP) is 3.07. The van der Waals surface area contributed by atoms with E-state index in [1.165, 1.54) is 0 Å². The van der Waals surface area contributed by atoms with Crippen molar-refractivity contribution < 1.29 is 14.6 Å². The summed E-state index contributed by atoms with van der Waals surface area (Å²) in [5.41, 5.74) is 2.27. The molecule has 0 aliphatic rings. The number of nitrogens with one attached hydrogen (secondary N) is 2. The molecule has 0 unspecified atom stereocenters. The largest absolute Gasteiger partial charge is 0.497 e. The average molecular weight is 358 g/mol. The van der Waals surface area contributed by atoms with Crippen molar-refractivity contribution in [1.82, 2.24) is 10.6 Å². The van der Waals surface area contributed by atoms with Gasteiger partial charge in [-0.15, -0.1) is 0 Å². The zero-order valence-corrected chi connectivity index (χ0v) is 16.0. The second-order valence-electron chi connectivity index (χ2n) is 6.47. The van der Waals surface area contributed by atoms with Crippen molar-refractivity contribution in [3.63, 3.8) is 0 Å². The van der Waals surface area contributed by atoms with Crippen molar-refractivity contribution in [2.24, 2.45) is 0 Å². The summed E-state index contributed by atoms with van der Waals surface area (Å²) >= 11 is 0. The number of rotatable bonds is 10. The normalized spacial score (nSPS) is 13.5. The molecular formula is C21H30N2O3. The molecule has 2 atom stereocenters. The topological polar surface area (TPSA) is 62.8 Å². The zero-order valence-electron chi connectivity index (χ0n) is 16.0. The summed E-state index contributed by atoms with van der Waals surface area (Å²) in [4.78, 5) is 0. The van der Waals surface area contributed by atoms with Crippen molar-refractivity contribution in [3.8, 4) is 11.5 Å². The first-order valence-electron chi connectivity index (χ1n) is 8.96. The molecule has 0 aliphatic carbocycles. The molecule has 0 saturated carbocycles. The summed E-state index contributed by atoms with van der Waals surface area (Å²) < 4.78 is 10.5. The van der Waals surface area contributed by atoms with E-state index in [9.17, 15) is 5.11 Å². The van der Waals surface area contributed by atoms with Crippen molar-refractivity contribution in [1.29, 1.82) is 0 Å². The Kier molecular flexibility index (Phi) is 7.91. The van der Waals surface area contributed by atoms with Crippen molar-refractivity contribution in [3.05, 3.63) is 59.7 Å². The molecule has 2 aromatic rings. The van der Waals surface area contributed by atoms with Crippen LogP contribution < -0.4 is 20.1 Å². The molecule has 0 spiro atoms. The van der Waals surface area contributed by atoms with Crippen LogP contribution >= 0.6 is 0 Å². The minimum absolute atomic E-state index is 0.135. The van der Waals surface area contributed by atoms with Crippen LogP contribution in [0, 0.1) is 0 Å². The summed E-state index contributed by atoms with van der Waals surface area (Å²) in [6.07, 6.45) is -0.476. The highest BCUT2D eigenvalue weighted by Crippen LogP contribution is 2.19. The average Bonchev–Trinajstić information content (AvgIpc) is 2.70. The standard InChI is InChI=1S/C21H30N2O3/c1-15(17-7-5-9-20(11-17)25-3)22-13-19(24)14-23-16(2)18-8-6-10-21(12-18)26-4/h5-12,15-16,19,22-24H,13-14H2,1-4H3/t15-,16-/m0/s1. The highest BCUT2D eigenvalue weighted by Gasteiger charge is 2.12. The van der Waals surface area contributed by atoms with E-state index in [1.54, 1.807) is 14.2 Å². The molecule has 0 saturated heterocycles. The molecule has 0 heterocycles. The molecule has 2 aromatic carbocycles. The molecule has 0 amide bonds. The second kappa shape index (κ2) is 10.2. The molecule has 142 valence electrons. The quantitative estimate of drug-likeness (QED) is 0.609. The number of aliphatic hydroxyl groups is 1. The van der Waals surface area contributed by atoms with Crippen molar-refractivity contribution >= 4 is 0 Å². The maximum absolute atomic E-state index is 10.3. The number of hydrogen-bond acceptors (Lipinski definition) is 5. The Hall–Kier alpha value is -2.08. The third-order valence-corrected chi connectivity index (χ3v) is 4.51. The maximum Gasteiger partial charge on any atom is 0.119 e. The molecule has 0 fully saturated rings. The fourth-order valence-electron chi connectivity index (χ4n) is 2.76. The van der Waals surface area contributed by atoms with Gasteiger partial charge in [0, 0.05) is 25.2 Å². The van der Waals surface area contributed by atoms with Gasteiger partial charge >= 0.3 is 0 Å². The first kappa shape index (κ1) is 20.2. The van der Waals surface area contributed by atoms with Crippen LogP contribution in [0.2, 0.25) is 0 Å². The Bertz CT molecular complexity index is 620. The summed E-state index contributed by atoms with van der Waals surface area (Å²) in [5.74, 6) is 1.68. The van der Waals surface area contributed by atoms with Crippen LogP contribution in [0.15, 0.2) is 48.5 Å². The van der Waals surface area contributed by atoms with Gasteiger partial charge in [0.2, 0.25) is 0 Å². The van der Waals surface area contributed by atoms with Gasteiger partial charge in [-0.3, -0.25) is 0 Å². The highest BCUT2D eigenvalue weighted by atomic mass is 16.5. The molecule has 26 heavy (non-hydrogen) atoms. The lowest BCUT2D eigenvalue weighted by atomic mass is 10.1. The smallest absolute Gasteiger partial charge is 0.119 e. The van der Waals surface area contributed by atoms with Gasteiger partial charge in [0.05, 0.1) is 20.3 Å². The number of ether oxygens (including phenoxy) is 2. The minimum atomic E-state index is -0.476. The summed E-state index contributed by atoms with van der Waals surface area (Å²) in [6, 6.07) is 16.2. The van der Waals surface area contributed by atoms with E-state index >= 15 is 0 Å². The van der Waals surface area contributed by atoms with Gasteiger partial charge in [-0.2, -0.15) is 0 Å². The van der Waals surface area contributed by atoms with Gasteiger partial charge in [0.1, 0.15) is 11.5 Å². The van der Waals surface area contributed by atoms with Crippen LogP contribution in [0.25, 0.3) is 0 Å². The Balaban J connectivity index is 1.78. The van der Waals surface area contributed by atoms with E-state index in [1.807, 2.05) is 36.4 Å². The minimum Gasteiger partial charge on any atom is -0.497 e. The van der Waals surface area contributed by atoms with Gasteiger partial charge in [-0.05, 0) is 49.2 Å². The highest BCUT2D eigenvalue weighted by molar-refractivity contribution is 5.31. The number of hydrogen-bond donors (Lipinski definition) is 3. The monoisotopic (exact) mass is 358 g/mol. The van der Waals surface area contributed by atoms with Gasteiger partial charge in [0.25, 0.3) is 0 Å². The zero-order chi connectivity index (χ0) is 18.9. The Morgan fingerprint density at radius 3 is 1.62 bits per heavy atom. The lowest BCUT2D eigenvalue weighted by molar-refractivity contribution is 0.161. The third kappa shape index (κ3) is 6.02. The van der Waals surface area contributed by atoms with E-state index in [-0.39, 0.29) is 12.1 Å². The molecule has 0 bridgehead atoms. The van der Waals surface area contributed by atoms with Crippen LogP contribution in [-0.2, 0) is 0 Å². The molecule has 0 radical (unpaired) electrons. The van der Waals surface area contributed by atoms with Crippen LogP contribution in [0.4, 0.5) is 0 Å². The second-order valence-corrected chi connectivity index (χ2v) is 6.47. The maximum atomic E-state index is 10.3. The van der Waals surface area contributed by atoms with Gasteiger partial charge in [-0.25, -0.2) is 0 Å². The van der Waals surface area contributed by atoms with Gasteiger partial charge < -0.3 is 25.2 Å². The lowest BCUT2D eigenvalue weighted by Gasteiger charge is -2.21. The lowest BCUT2D eigenvalue weighted by Crippen LogP contribution is -2.37. The van der Waals surface area contributed by atoms with Crippen LogP contribution in [0.3, 0.4) is 0 Å². The summed E-state index contributed by atoms with van der Waals surface area (Å²) in [5, 5.41) is 17.0. The van der Waals surface area contributed by atoms with E-state index in [0.29, 0.717) is 13.1 Å². The van der Waals surface area contributed by atoms with Crippen molar-refractivity contribution in [2.45, 2.75) is 32.0 Å². The predicted molar refractivity (Wildman–Crippen MR) is 105 cm³/mol. The number of methoxy groups -OCH3 is 2. The first-order valence-corrected chi connectivity index (χ1v) is 8.96. The molecular weight excluding hydrogens is 328 g/mol. The Morgan fingerprint density at radius 2 is 1.23 bits per heavy atom. The molecule has 5 heteroatoms. The molecule has 0 aromatic heterocycles. The van der Waals surface area contributed by atoms with Crippen LogP contribution in [0.1, 0.15) is 37.1 Å². The van der Waals surface area contributed by atoms with Gasteiger partial charge in [0.15, 0.2) is 0 Å². The fourth-order valence-corrected chi connectivity index (χ4v) is 2.76. The SMILES string of the molecule is COc1cccc([C@H](C)NCC(O)CN[C@@H](C)c2cccc(OC)c2)c1. The van der Waals surface area contributed by atoms with E-state index < -0.39 is 6.10 Å². The summed E-state index contributed by atoms with van der Waals surface area (Å²) in [7, 11) is 3.33. The number of aliphatic hydroxyl groups excluding tert-OH is 1. The van der Waals surface area contributed by atoms with Crippen LogP contribution in [-0.4, -0.2) is 38.5 Å². The first-order chi connectivity index (χ1) is 12.5. The number of benzene rings is 2. The summed E-state index contributed by atoms with van der Waals surface area (Å²) in [6.45, 7) is 5.17. The van der Waals surface area contributed by atoms with Crippen molar-refractivity contribution in [2.75, 3.05) is 27.3 Å². The van der Waals surface area contributed by atoms with Gasteiger partial charge in [-0.1, -0.05) is 24.3 Å². The van der Waals surface area contributed by atoms with E-state index in [2.05, 4.69) is 36.6 Å². The molecule has 5 nitrogen and oxygen atoms in total. The van der Waals surface area contributed by atoms with Crippen LogP contribution in [0.5, 0.6) is 11.5 Å². The Labute approximate surface area is 156 Å².